The van der Waals surface area contributed by atoms with E-state index in [0.717, 1.165) is 18.4 Å². The van der Waals surface area contributed by atoms with E-state index in [-0.39, 0.29) is 23.9 Å². The number of rotatable bonds is 7. The first-order valence-electron chi connectivity index (χ1n) is 7.56. The predicted molar refractivity (Wildman–Crippen MR) is 84.5 cm³/mol. The van der Waals surface area contributed by atoms with Gasteiger partial charge in [-0.2, -0.15) is 0 Å². The van der Waals surface area contributed by atoms with Gasteiger partial charge in [-0.05, 0) is 31.7 Å². The highest BCUT2D eigenvalue weighted by Gasteiger charge is 2.26. The maximum atomic E-state index is 12.6. The van der Waals surface area contributed by atoms with Crippen molar-refractivity contribution in [3.63, 3.8) is 0 Å². The van der Waals surface area contributed by atoms with Crippen molar-refractivity contribution in [3.8, 4) is 0 Å². The molecule has 0 fully saturated rings. The molecule has 0 spiro atoms. The molecular weight excluding hydrogens is 248 g/mol. The Balaban J connectivity index is 2.81. The highest BCUT2D eigenvalue weighted by molar-refractivity contribution is 5.84. The third-order valence-electron chi connectivity index (χ3n) is 3.77. The van der Waals surface area contributed by atoms with E-state index in [0.29, 0.717) is 5.92 Å². The molecule has 1 aromatic rings. The molecule has 0 bridgehead atoms. The Labute approximate surface area is 122 Å². The van der Waals surface area contributed by atoms with Gasteiger partial charge in [0.2, 0.25) is 5.91 Å². The molecule has 0 aliphatic heterocycles. The average Bonchev–Trinajstić information content (AvgIpc) is 2.38. The molecule has 3 heteroatoms. The Hall–Kier alpha value is -1.35. The summed E-state index contributed by atoms with van der Waals surface area (Å²) in [5.74, 6) is 0.343. The zero-order valence-corrected chi connectivity index (χ0v) is 13.1. The number of carbonyl (C=O) groups excluding carboxylic acids is 1. The smallest absolute Gasteiger partial charge is 0.228 e. The van der Waals surface area contributed by atoms with Crippen LogP contribution >= 0.6 is 0 Å². The van der Waals surface area contributed by atoms with Gasteiger partial charge in [0, 0.05) is 12.1 Å². The van der Waals surface area contributed by atoms with Crippen molar-refractivity contribution in [2.75, 3.05) is 0 Å². The summed E-state index contributed by atoms with van der Waals surface area (Å²) in [5, 5.41) is 3.11. The Morgan fingerprint density at radius 1 is 1.20 bits per heavy atom. The zero-order valence-electron chi connectivity index (χ0n) is 13.1. The fourth-order valence-electron chi connectivity index (χ4n) is 2.58. The van der Waals surface area contributed by atoms with Crippen molar-refractivity contribution in [1.82, 2.24) is 5.32 Å². The summed E-state index contributed by atoms with van der Waals surface area (Å²) >= 11 is 0. The van der Waals surface area contributed by atoms with Gasteiger partial charge in [-0.25, -0.2) is 0 Å². The summed E-state index contributed by atoms with van der Waals surface area (Å²) in [6.07, 6.45) is 1.78. The highest BCUT2D eigenvalue weighted by Crippen LogP contribution is 2.27. The van der Waals surface area contributed by atoms with E-state index in [4.69, 9.17) is 5.73 Å². The van der Waals surface area contributed by atoms with Crippen LogP contribution in [0.5, 0.6) is 0 Å². The number of nitrogens with one attached hydrogen (secondary N) is 1. The summed E-state index contributed by atoms with van der Waals surface area (Å²) in [7, 11) is 0. The number of amides is 1. The molecule has 1 rings (SSSR count). The monoisotopic (exact) mass is 276 g/mol. The number of hydrogen-bond donors (Lipinski definition) is 2. The van der Waals surface area contributed by atoms with Gasteiger partial charge < -0.3 is 11.1 Å². The van der Waals surface area contributed by atoms with E-state index in [9.17, 15) is 4.79 Å². The summed E-state index contributed by atoms with van der Waals surface area (Å²) in [4.78, 5) is 12.6. The van der Waals surface area contributed by atoms with E-state index in [2.05, 4.69) is 19.2 Å². The van der Waals surface area contributed by atoms with Crippen LogP contribution in [0.15, 0.2) is 30.3 Å². The lowest BCUT2D eigenvalue weighted by Crippen LogP contribution is -2.40. The second-order valence-corrected chi connectivity index (χ2v) is 5.90. The van der Waals surface area contributed by atoms with Crippen LogP contribution in [-0.2, 0) is 4.79 Å². The topological polar surface area (TPSA) is 55.1 Å². The van der Waals surface area contributed by atoms with E-state index < -0.39 is 0 Å². The van der Waals surface area contributed by atoms with Gasteiger partial charge in [-0.1, -0.05) is 50.6 Å². The third kappa shape index (κ3) is 4.97. The molecule has 0 aliphatic carbocycles. The van der Waals surface area contributed by atoms with Crippen LogP contribution in [0, 0.1) is 5.92 Å². The molecule has 0 heterocycles. The van der Waals surface area contributed by atoms with Crippen LogP contribution in [0.25, 0.3) is 0 Å². The molecule has 20 heavy (non-hydrogen) atoms. The maximum absolute atomic E-state index is 12.6. The van der Waals surface area contributed by atoms with Crippen molar-refractivity contribution < 1.29 is 4.79 Å². The second kappa shape index (κ2) is 8.05. The molecule has 0 radical (unpaired) electrons. The molecule has 0 aromatic heterocycles. The molecule has 4 unspecified atom stereocenters. The summed E-state index contributed by atoms with van der Waals surface area (Å²) in [5.41, 5.74) is 6.88. The molecule has 3 N–H and O–H groups in total. The molecular formula is C17H28N2O. The van der Waals surface area contributed by atoms with Crippen LogP contribution in [-0.4, -0.2) is 18.0 Å². The summed E-state index contributed by atoms with van der Waals surface area (Å²) in [6, 6.07) is 10.2. The minimum Gasteiger partial charge on any atom is -0.353 e. The molecule has 0 aliphatic rings. The van der Waals surface area contributed by atoms with Crippen LogP contribution in [0.3, 0.4) is 0 Å². The minimum atomic E-state index is -0.0864. The molecule has 112 valence electrons. The number of hydrogen-bond acceptors (Lipinski definition) is 2. The van der Waals surface area contributed by atoms with Gasteiger partial charge in [0.1, 0.15) is 0 Å². The van der Waals surface area contributed by atoms with Crippen LogP contribution in [0.2, 0.25) is 0 Å². The van der Waals surface area contributed by atoms with Crippen LogP contribution in [0.4, 0.5) is 0 Å². The normalized spacial score (nSPS) is 17.1. The Bertz CT molecular complexity index is 403. The fraction of sp³-hybridized carbons (Fsp3) is 0.588. The van der Waals surface area contributed by atoms with Gasteiger partial charge in [-0.15, -0.1) is 0 Å². The van der Waals surface area contributed by atoms with Crippen molar-refractivity contribution in [1.29, 1.82) is 0 Å². The second-order valence-electron chi connectivity index (χ2n) is 5.90. The van der Waals surface area contributed by atoms with Gasteiger partial charge in [0.05, 0.1) is 5.92 Å². The summed E-state index contributed by atoms with van der Waals surface area (Å²) in [6.45, 7) is 8.23. The lowest BCUT2D eigenvalue weighted by Gasteiger charge is -2.25. The highest BCUT2D eigenvalue weighted by atomic mass is 16.1. The lowest BCUT2D eigenvalue weighted by molar-refractivity contribution is -0.124. The molecule has 1 aromatic carbocycles. The molecule has 4 atom stereocenters. The first-order valence-corrected chi connectivity index (χ1v) is 7.56. The number of nitrogens with two attached hydrogens (primary N) is 1. The minimum absolute atomic E-state index is 0.0864. The Morgan fingerprint density at radius 3 is 2.30 bits per heavy atom. The van der Waals surface area contributed by atoms with Crippen LogP contribution in [0.1, 0.15) is 52.0 Å². The lowest BCUT2D eigenvalue weighted by atomic mass is 9.84. The van der Waals surface area contributed by atoms with Crippen molar-refractivity contribution >= 4 is 5.91 Å². The molecule has 3 nitrogen and oxygen atoms in total. The first kappa shape index (κ1) is 16.7. The maximum Gasteiger partial charge on any atom is 0.228 e. The van der Waals surface area contributed by atoms with Gasteiger partial charge in [0.25, 0.3) is 0 Å². The van der Waals surface area contributed by atoms with Crippen molar-refractivity contribution in [2.45, 2.75) is 58.5 Å². The molecule has 0 saturated carbocycles. The first-order chi connectivity index (χ1) is 9.45. The van der Waals surface area contributed by atoms with E-state index in [1.54, 1.807) is 0 Å². The standard InChI is InChI=1S/C17H28N2O/c1-5-12(2)16(15-9-7-6-8-10-15)17(20)19-14(4)11-13(3)18/h6-10,12-14,16H,5,11,18H2,1-4H3,(H,19,20). The Kier molecular flexibility index (Phi) is 6.73. The van der Waals surface area contributed by atoms with Gasteiger partial charge in [-0.3, -0.25) is 4.79 Å². The van der Waals surface area contributed by atoms with E-state index >= 15 is 0 Å². The summed E-state index contributed by atoms with van der Waals surface area (Å²) < 4.78 is 0. The quantitative estimate of drug-likeness (QED) is 0.804. The SMILES string of the molecule is CCC(C)C(C(=O)NC(C)CC(C)N)c1ccccc1. The van der Waals surface area contributed by atoms with Crippen molar-refractivity contribution in [3.05, 3.63) is 35.9 Å². The number of benzene rings is 1. The average molecular weight is 276 g/mol. The predicted octanol–water partition coefficient (Wildman–Crippen LogP) is 3.06. The van der Waals surface area contributed by atoms with Crippen LogP contribution < -0.4 is 11.1 Å². The van der Waals surface area contributed by atoms with Gasteiger partial charge in [0.15, 0.2) is 0 Å². The zero-order chi connectivity index (χ0) is 15.1. The molecule has 0 saturated heterocycles. The van der Waals surface area contributed by atoms with E-state index in [1.165, 1.54) is 0 Å². The van der Waals surface area contributed by atoms with Crippen molar-refractivity contribution in [2.24, 2.45) is 11.7 Å². The fourth-order valence-corrected chi connectivity index (χ4v) is 2.58. The number of carbonyl (C=O) groups is 1. The molecule has 1 amide bonds. The third-order valence-corrected chi connectivity index (χ3v) is 3.77. The largest absolute Gasteiger partial charge is 0.353 e. The Morgan fingerprint density at radius 2 is 1.80 bits per heavy atom. The van der Waals surface area contributed by atoms with E-state index in [1.807, 2.05) is 44.2 Å². The van der Waals surface area contributed by atoms with Gasteiger partial charge >= 0.3 is 0 Å².